The largest absolute Gasteiger partial charge is 0.347 e. The van der Waals surface area contributed by atoms with Crippen LogP contribution in [0.4, 0.5) is 5.95 Å². The van der Waals surface area contributed by atoms with Gasteiger partial charge in [-0.3, -0.25) is 0 Å². The van der Waals surface area contributed by atoms with Crippen LogP contribution in [0.15, 0.2) is 18.3 Å². The molecule has 0 aliphatic rings. The lowest BCUT2D eigenvalue weighted by molar-refractivity contribution is 0.408. The Hall–Kier alpha value is -1.46. The molecular formula is C17H26N4S. The lowest BCUT2D eigenvalue weighted by Gasteiger charge is -2.23. The van der Waals surface area contributed by atoms with E-state index in [4.69, 9.17) is 0 Å². The van der Waals surface area contributed by atoms with Gasteiger partial charge in [0.25, 0.3) is 0 Å². The van der Waals surface area contributed by atoms with Gasteiger partial charge in [-0.15, -0.1) is 11.3 Å². The highest BCUT2D eigenvalue weighted by Gasteiger charge is 2.19. The van der Waals surface area contributed by atoms with Crippen molar-refractivity contribution in [2.45, 2.75) is 40.3 Å². The summed E-state index contributed by atoms with van der Waals surface area (Å²) in [7, 11) is 3.92. The van der Waals surface area contributed by atoms with Gasteiger partial charge in [-0.25, -0.2) is 9.97 Å². The zero-order chi connectivity index (χ0) is 16.3. The van der Waals surface area contributed by atoms with Crippen LogP contribution in [-0.4, -0.2) is 24.1 Å². The minimum absolute atomic E-state index is 0.350. The van der Waals surface area contributed by atoms with Gasteiger partial charge >= 0.3 is 0 Å². The molecule has 120 valence electrons. The molecule has 0 amide bonds. The quantitative estimate of drug-likeness (QED) is 0.881. The molecule has 0 saturated carbocycles. The van der Waals surface area contributed by atoms with Gasteiger partial charge in [-0.1, -0.05) is 13.8 Å². The molecule has 5 heteroatoms. The van der Waals surface area contributed by atoms with Crippen LogP contribution in [0.1, 0.15) is 40.9 Å². The maximum atomic E-state index is 4.58. The summed E-state index contributed by atoms with van der Waals surface area (Å²) in [5, 5.41) is 3.67. The van der Waals surface area contributed by atoms with E-state index in [0.29, 0.717) is 12.0 Å². The molecule has 1 N–H and O–H groups in total. The van der Waals surface area contributed by atoms with Crippen molar-refractivity contribution in [3.8, 4) is 0 Å². The fourth-order valence-corrected chi connectivity index (χ4v) is 3.55. The lowest BCUT2D eigenvalue weighted by atomic mass is 9.96. The Kier molecular flexibility index (Phi) is 5.53. The van der Waals surface area contributed by atoms with Gasteiger partial charge < -0.3 is 10.2 Å². The fourth-order valence-electron chi connectivity index (χ4n) is 2.58. The van der Waals surface area contributed by atoms with E-state index in [1.165, 1.54) is 15.3 Å². The number of aryl methyl sites for hydroxylation is 2. The average Bonchev–Trinajstić information content (AvgIpc) is 2.78. The van der Waals surface area contributed by atoms with Crippen LogP contribution in [0.5, 0.6) is 0 Å². The Morgan fingerprint density at radius 3 is 2.55 bits per heavy atom. The van der Waals surface area contributed by atoms with Crippen molar-refractivity contribution in [3.05, 3.63) is 39.3 Å². The molecule has 0 radical (unpaired) electrons. The Morgan fingerprint density at radius 2 is 2.00 bits per heavy atom. The van der Waals surface area contributed by atoms with Crippen molar-refractivity contribution < 1.29 is 0 Å². The molecule has 1 atom stereocenters. The zero-order valence-corrected chi connectivity index (χ0v) is 15.2. The molecule has 2 aromatic rings. The van der Waals surface area contributed by atoms with Crippen LogP contribution in [-0.2, 0) is 6.54 Å². The summed E-state index contributed by atoms with van der Waals surface area (Å²) < 4.78 is 0. The van der Waals surface area contributed by atoms with Crippen molar-refractivity contribution >= 4 is 17.3 Å². The summed E-state index contributed by atoms with van der Waals surface area (Å²) in [5.41, 5.74) is 2.44. The van der Waals surface area contributed by atoms with Crippen molar-refractivity contribution in [2.24, 2.45) is 5.92 Å². The molecule has 22 heavy (non-hydrogen) atoms. The van der Waals surface area contributed by atoms with Gasteiger partial charge in [0.15, 0.2) is 0 Å². The highest BCUT2D eigenvalue weighted by molar-refractivity contribution is 7.12. The van der Waals surface area contributed by atoms with Crippen LogP contribution in [0.25, 0.3) is 0 Å². The molecule has 4 nitrogen and oxygen atoms in total. The molecular weight excluding hydrogens is 292 g/mol. The number of hydrogen-bond acceptors (Lipinski definition) is 5. The first-order chi connectivity index (χ1) is 10.4. The van der Waals surface area contributed by atoms with E-state index in [0.717, 1.165) is 18.2 Å². The highest BCUT2D eigenvalue weighted by atomic mass is 32.1. The Morgan fingerprint density at radius 1 is 1.27 bits per heavy atom. The molecule has 0 aliphatic carbocycles. The summed E-state index contributed by atoms with van der Waals surface area (Å²) in [5.74, 6) is 1.28. The molecule has 0 saturated heterocycles. The number of hydrogen-bond donors (Lipinski definition) is 1. The number of rotatable bonds is 6. The number of thiophene rings is 1. The number of anilines is 1. The molecule has 0 aliphatic heterocycles. The van der Waals surface area contributed by atoms with Gasteiger partial charge in [-0.05, 0) is 37.5 Å². The lowest BCUT2D eigenvalue weighted by Crippen LogP contribution is -2.26. The number of nitrogens with one attached hydrogen (secondary N) is 1. The van der Waals surface area contributed by atoms with E-state index >= 15 is 0 Å². The fraction of sp³-hybridized carbons (Fsp3) is 0.529. The first-order valence-electron chi connectivity index (χ1n) is 7.68. The zero-order valence-electron chi connectivity index (χ0n) is 14.3. The van der Waals surface area contributed by atoms with Crippen molar-refractivity contribution in [3.63, 3.8) is 0 Å². The van der Waals surface area contributed by atoms with Crippen LogP contribution >= 0.6 is 11.3 Å². The maximum Gasteiger partial charge on any atom is 0.225 e. The standard InChI is InChI=1S/C17H26N4S/c1-11(2)16(15-9-12(3)22-13(15)4)19-10-14-7-8-18-17(20-14)21(5)6/h7-9,11,16,19H,10H2,1-6H3. The predicted octanol–water partition coefficient (Wildman–Crippen LogP) is 3.71. The van der Waals surface area contributed by atoms with Gasteiger partial charge in [0.05, 0.1) is 5.69 Å². The van der Waals surface area contributed by atoms with Gasteiger partial charge in [-0.2, -0.15) is 0 Å². The van der Waals surface area contributed by atoms with Crippen molar-refractivity contribution in [2.75, 3.05) is 19.0 Å². The maximum absolute atomic E-state index is 4.58. The molecule has 2 aromatic heterocycles. The van der Waals surface area contributed by atoms with Crippen LogP contribution in [0.2, 0.25) is 0 Å². The molecule has 1 unspecified atom stereocenters. The number of aromatic nitrogens is 2. The third kappa shape index (κ3) is 4.05. The van der Waals surface area contributed by atoms with Gasteiger partial charge in [0.1, 0.15) is 0 Å². The normalized spacial score (nSPS) is 12.7. The summed E-state index contributed by atoms with van der Waals surface area (Å²) in [6.07, 6.45) is 1.82. The average molecular weight is 318 g/mol. The second-order valence-corrected chi connectivity index (χ2v) is 7.67. The van der Waals surface area contributed by atoms with Gasteiger partial charge in [0.2, 0.25) is 5.95 Å². The summed E-state index contributed by atoms with van der Waals surface area (Å²) in [6.45, 7) is 9.65. The van der Waals surface area contributed by atoms with Gasteiger partial charge in [0, 0.05) is 42.6 Å². The minimum atomic E-state index is 0.350. The molecule has 0 spiro atoms. The van der Waals surface area contributed by atoms with Crippen molar-refractivity contribution in [1.29, 1.82) is 0 Å². The summed E-state index contributed by atoms with van der Waals surface area (Å²) in [6, 6.07) is 4.63. The minimum Gasteiger partial charge on any atom is -0.347 e. The summed E-state index contributed by atoms with van der Waals surface area (Å²) in [4.78, 5) is 13.5. The van der Waals surface area contributed by atoms with E-state index in [1.54, 1.807) is 0 Å². The molecule has 2 heterocycles. The van der Waals surface area contributed by atoms with E-state index in [2.05, 4.69) is 49.0 Å². The monoisotopic (exact) mass is 318 g/mol. The van der Waals surface area contributed by atoms with Crippen LogP contribution < -0.4 is 10.2 Å². The molecule has 0 fully saturated rings. The Balaban J connectivity index is 2.13. The number of nitrogens with zero attached hydrogens (tertiary/aromatic N) is 3. The Labute approximate surface area is 137 Å². The molecule has 0 bridgehead atoms. The first kappa shape index (κ1) is 16.9. The SMILES string of the molecule is Cc1cc(C(NCc2ccnc(N(C)C)n2)C(C)C)c(C)s1. The Bertz CT molecular complexity index is 619. The highest BCUT2D eigenvalue weighted by Crippen LogP contribution is 2.30. The van der Waals surface area contributed by atoms with E-state index in [1.807, 2.05) is 42.6 Å². The first-order valence-corrected chi connectivity index (χ1v) is 8.49. The summed E-state index contributed by atoms with van der Waals surface area (Å²) >= 11 is 1.87. The molecule has 0 aromatic carbocycles. The second kappa shape index (κ2) is 7.20. The predicted molar refractivity (Wildman–Crippen MR) is 94.6 cm³/mol. The molecule has 2 rings (SSSR count). The van der Waals surface area contributed by atoms with Crippen LogP contribution in [0, 0.1) is 19.8 Å². The third-order valence-electron chi connectivity index (χ3n) is 3.68. The van der Waals surface area contributed by atoms with E-state index in [-0.39, 0.29) is 0 Å². The van der Waals surface area contributed by atoms with E-state index < -0.39 is 0 Å². The van der Waals surface area contributed by atoms with E-state index in [9.17, 15) is 0 Å². The topological polar surface area (TPSA) is 41.1 Å². The second-order valence-electron chi connectivity index (χ2n) is 6.21. The van der Waals surface area contributed by atoms with Crippen LogP contribution in [0.3, 0.4) is 0 Å². The third-order valence-corrected chi connectivity index (χ3v) is 4.67. The smallest absolute Gasteiger partial charge is 0.225 e. The van der Waals surface area contributed by atoms with Crippen molar-refractivity contribution in [1.82, 2.24) is 15.3 Å².